The van der Waals surface area contributed by atoms with E-state index in [0.717, 1.165) is 17.5 Å². The molecule has 0 fully saturated rings. The van der Waals surface area contributed by atoms with E-state index in [2.05, 4.69) is 12.1 Å². The van der Waals surface area contributed by atoms with Crippen molar-refractivity contribution in [3.05, 3.63) is 52.0 Å². The Hall–Kier alpha value is -1.22. The molecule has 2 rings (SSSR count). The smallest absolute Gasteiger partial charge is 0.145 e. The summed E-state index contributed by atoms with van der Waals surface area (Å²) in [6.07, 6.45) is 0.869. The summed E-state index contributed by atoms with van der Waals surface area (Å²) < 4.78 is 5.35. The summed E-state index contributed by atoms with van der Waals surface area (Å²) in [6, 6.07) is 11.7. The zero-order valence-electron chi connectivity index (χ0n) is 10.6. The standard InChI is InChI=1S/C15H15Cl2NO/c1-19-15-13(8-12(16)9-14(15)17)11-4-2-10(3-5-11)6-7-18/h2-5,8-9H,6-7,18H2,1H3. The zero-order valence-corrected chi connectivity index (χ0v) is 12.1. The van der Waals surface area contributed by atoms with Crippen LogP contribution in [-0.2, 0) is 6.42 Å². The van der Waals surface area contributed by atoms with Crippen LogP contribution in [0.1, 0.15) is 5.56 Å². The number of nitrogens with two attached hydrogens (primary N) is 1. The van der Waals surface area contributed by atoms with Gasteiger partial charge < -0.3 is 10.5 Å². The van der Waals surface area contributed by atoms with Crippen molar-refractivity contribution in [2.24, 2.45) is 5.73 Å². The Balaban J connectivity index is 2.45. The molecule has 0 aliphatic heterocycles. The van der Waals surface area contributed by atoms with E-state index < -0.39 is 0 Å². The lowest BCUT2D eigenvalue weighted by molar-refractivity contribution is 0.416. The maximum Gasteiger partial charge on any atom is 0.145 e. The number of ether oxygens (including phenoxy) is 1. The minimum atomic E-state index is 0.510. The fraction of sp³-hybridized carbons (Fsp3) is 0.200. The van der Waals surface area contributed by atoms with Crippen molar-refractivity contribution >= 4 is 23.2 Å². The number of hydrogen-bond donors (Lipinski definition) is 1. The summed E-state index contributed by atoms with van der Waals surface area (Å²) in [4.78, 5) is 0. The van der Waals surface area contributed by atoms with Crippen molar-refractivity contribution in [1.82, 2.24) is 0 Å². The van der Waals surface area contributed by atoms with Gasteiger partial charge in [-0.3, -0.25) is 0 Å². The molecular formula is C15H15Cl2NO. The molecule has 0 unspecified atom stereocenters. The highest BCUT2D eigenvalue weighted by Gasteiger charge is 2.11. The first-order valence-electron chi connectivity index (χ1n) is 5.98. The number of benzene rings is 2. The van der Waals surface area contributed by atoms with E-state index in [1.54, 1.807) is 13.2 Å². The van der Waals surface area contributed by atoms with Gasteiger partial charge in [0.25, 0.3) is 0 Å². The van der Waals surface area contributed by atoms with Gasteiger partial charge in [-0.15, -0.1) is 0 Å². The third-order valence-corrected chi connectivity index (χ3v) is 3.41. The largest absolute Gasteiger partial charge is 0.495 e. The second-order valence-electron chi connectivity index (χ2n) is 4.20. The van der Waals surface area contributed by atoms with Crippen LogP contribution in [0.2, 0.25) is 10.0 Å². The molecule has 0 spiro atoms. The predicted octanol–water partition coefficient (Wildman–Crippen LogP) is 4.17. The molecule has 2 aromatic rings. The molecule has 0 amide bonds. The van der Waals surface area contributed by atoms with E-state index in [1.807, 2.05) is 18.2 Å². The van der Waals surface area contributed by atoms with E-state index in [1.165, 1.54) is 5.56 Å². The van der Waals surface area contributed by atoms with E-state index >= 15 is 0 Å². The molecule has 100 valence electrons. The summed E-state index contributed by atoms with van der Waals surface area (Å²) >= 11 is 12.2. The van der Waals surface area contributed by atoms with Crippen molar-refractivity contribution in [3.63, 3.8) is 0 Å². The van der Waals surface area contributed by atoms with Gasteiger partial charge in [0.05, 0.1) is 12.1 Å². The maximum absolute atomic E-state index is 6.14. The second kappa shape index (κ2) is 6.29. The Bertz CT molecular complexity index is 567. The summed E-state index contributed by atoms with van der Waals surface area (Å²) in [5, 5.41) is 1.10. The molecule has 4 heteroatoms. The first-order chi connectivity index (χ1) is 9.15. The Morgan fingerprint density at radius 1 is 1.11 bits per heavy atom. The third-order valence-electron chi connectivity index (χ3n) is 2.91. The number of rotatable bonds is 4. The Kier molecular flexibility index (Phi) is 4.70. The Labute approximate surface area is 123 Å². The van der Waals surface area contributed by atoms with Gasteiger partial charge in [-0.05, 0) is 36.2 Å². The zero-order chi connectivity index (χ0) is 13.8. The Morgan fingerprint density at radius 2 is 1.79 bits per heavy atom. The van der Waals surface area contributed by atoms with Crippen molar-refractivity contribution in [3.8, 4) is 16.9 Å². The molecule has 2 aromatic carbocycles. The van der Waals surface area contributed by atoms with Crippen LogP contribution in [0.15, 0.2) is 36.4 Å². The maximum atomic E-state index is 6.14. The minimum Gasteiger partial charge on any atom is -0.495 e. The van der Waals surface area contributed by atoms with Crippen LogP contribution in [0.5, 0.6) is 5.75 Å². The molecular weight excluding hydrogens is 281 g/mol. The Morgan fingerprint density at radius 3 is 2.37 bits per heavy atom. The van der Waals surface area contributed by atoms with Crippen LogP contribution in [0.25, 0.3) is 11.1 Å². The van der Waals surface area contributed by atoms with Crippen molar-refractivity contribution < 1.29 is 4.74 Å². The number of hydrogen-bond acceptors (Lipinski definition) is 2. The van der Waals surface area contributed by atoms with Gasteiger partial charge in [0.2, 0.25) is 0 Å². The van der Waals surface area contributed by atoms with Crippen LogP contribution >= 0.6 is 23.2 Å². The van der Waals surface area contributed by atoms with Gasteiger partial charge in [-0.2, -0.15) is 0 Å². The number of halogens is 2. The minimum absolute atomic E-state index is 0.510. The first kappa shape index (κ1) is 14.2. The normalized spacial score (nSPS) is 10.5. The second-order valence-corrected chi connectivity index (χ2v) is 5.05. The highest BCUT2D eigenvalue weighted by Crippen LogP contribution is 2.38. The van der Waals surface area contributed by atoms with Gasteiger partial charge in [0.15, 0.2) is 0 Å². The van der Waals surface area contributed by atoms with E-state index in [9.17, 15) is 0 Å². The molecule has 2 nitrogen and oxygen atoms in total. The molecule has 0 bridgehead atoms. The molecule has 0 aromatic heterocycles. The van der Waals surface area contributed by atoms with E-state index in [4.69, 9.17) is 33.7 Å². The lowest BCUT2D eigenvalue weighted by Crippen LogP contribution is -2.02. The monoisotopic (exact) mass is 295 g/mol. The lowest BCUT2D eigenvalue weighted by Gasteiger charge is -2.11. The highest BCUT2D eigenvalue weighted by atomic mass is 35.5. The molecule has 0 saturated heterocycles. The quantitative estimate of drug-likeness (QED) is 0.919. The molecule has 0 saturated carbocycles. The van der Waals surface area contributed by atoms with Gasteiger partial charge >= 0.3 is 0 Å². The summed E-state index contributed by atoms with van der Waals surface area (Å²) in [5.41, 5.74) is 8.65. The summed E-state index contributed by atoms with van der Waals surface area (Å²) in [6.45, 7) is 0.645. The van der Waals surface area contributed by atoms with Crippen LogP contribution < -0.4 is 10.5 Å². The average Bonchev–Trinajstić information content (AvgIpc) is 2.39. The fourth-order valence-corrected chi connectivity index (χ4v) is 2.57. The molecule has 0 heterocycles. The molecule has 0 atom stereocenters. The van der Waals surface area contributed by atoms with Gasteiger partial charge in [0, 0.05) is 10.6 Å². The van der Waals surface area contributed by atoms with Crippen LogP contribution in [0, 0.1) is 0 Å². The van der Waals surface area contributed by atoms with Crippen molar-refractivity contribution in [1.29, 1.82) is 0 Å². The molecule has 0 aliphatic carbocycles. The van der Waals surface area contributed by atoms with Crippen molar-refractivity contribution in [2.45, 2.75) is 6.42 Å². The van der Waals surface area contributed by atoms with E-state index in [-0.39, 0.29) is 0 Å². The average molecular weight is 296 g/mol. The van der Waals surface area contributed by atoms with Gasteiger partial charge in [-0.25, -0.2) is 0 Å². The number of methoxy groups -OCH3 is 1. The van der Waals surface area contributed by atoms with Gasteiger partial charge in [-0.1, -0.05) is 47.5 Å². The molecule has 0 radical (unpaired) electrons. The molecule has 2 N–H and O–H groups in total. The SMILES string of the molecule is COc1c(Cl)cc(Cl)cc1-c1ccc(CCN)cc1. The van der Waals surface area contributed by atoms with Gasteiger partial charge in [0.1, 0.15) is 5.75 Å². The van der Waals surface area contributed by atoms with Crippen LogP contribution in [0.4, 0.5) is 0 Å². The van der Waals surface area contributed by atoms with E-state index in [0.29, 0.717) is 22.3 Å². The highest BCUT2D eigenvalue weighted by molar-refractivity contribution is 6.36. The van der Waals surface area contributed by atoms with Crippen LogP contribution in [-0.4, -0.2) is 13.7 Å². The lowest BCUT2D eigenvalue weighted by atomic mass is 10.0. The third kappa shape index (κ3) is 3.21. The molecule has 0 aliphatic rings. The van der Waals surface area contributed by atoms with Crippen molar-refractivity contribution in [2.75, 3.05) is 13.7 Å². The molecule has 19 heavy (non-hydrogen) atoms. The van der Waals surface area contributed by atoms with Crippen LogP contribution in [0.3, 0.4) is 0 Å². The first-order valence-corrected chi connectivity index (χ1v) is 6.73. The topological polar surface area (TPSA) is 35.2 Å². The predicted molar refractivity (Wildman–Crippen MR) is 81.2 cm³/mol. The summed E-state index contributed by atoms with van der Waals surface area (Å²) in [7, 11) is 1.60. The fourth-order valence-electron chi connectivity index (χ4n) is 2.00. The summed E-state index contributed by atoms with van der Waals surface area (Å²) in [5.74, 6) is 0.637.